The zero-order chi connectivity index (χ0) is 10.7. The van der Waals surface area contributed by atoms with Gasteiger partial charge in [0, 0.05) is 6.04 Å². The second-order valence-corrected chi connectivity index (χ2v) is 3.75. The molecule has 16 heavy (non-hydrogen) atoms. The standard InChI is InChI=1S/C13H16N2.ClH/c14-9-8-13(15)12-7-3-5-10-4-1-2-6-11(10)12;/h1-7,13H,8-9,14-15H2;1H/t13-;/m0./s1. The van der Waals surface area contributed by atoms with Crippen molar-refractivity contribution in [1.29, 1.82) is 0 Å². The van der Waals surface area contributed by atoms with Gasteiger partial charge in [0.15, 0.2) is 0 Å². The van der Waals surface area contributed by atoms with Crippen molar-refractivity contribution >= 4 is 23.2 Å². The highest BCUT2D eigenvalue weighted by Crippen LogP contribution is 2.24. The van der Waals surface area contributed by atoms with Gasteiger partial charge < -0.3 is 11.5 Å². The highest BCUT2D eigenvalue weighted by atomic mass is 35.5. The van der Waals surface area contributed by atoms with E-state index in [0.717, 1.165) is 6.42 Å². The van der Waals surface area contributed by atoms with Crippen LogP contribution in [-0.4, -0.2) is 6.54 Å². The predicted octanol–water partition coefficient (Wildman–Crippen LogP) is 2.61. The van der Waals surface area contributed by atoms with Crippen molar-refractivity contribution < 1.29 is 0 Å². The minimum Gasteiger partial charge on any atom is -0.330 e. The number of benzene rings is 2. The zero-order valence-corrected chi connectivity index (χ0v) is 9.91. The molecular weight excluding hydrogens is 220 g/mol. The molecule has 3 heteroatoms. The van der Waals surface area contributed by atoms with Crippen molar-refractivity contribution in [2.75, 3.05) is 6.54 Å². The first kappa shape index (κ1) is 13.0. The lowest BCUT2D eigenvalue weighted by Gasteiger charge is -2.13. The molecule has 4 N–H and O–H groups in total. The molecule has 0 saturated heterocycles. The molecule has 0 aromatic heterocycles. The van der Waals surface area contributed by atoms with Crippen molar-refractivity contribution in [2.24, 2.45) is 11.5 Å². The van der Waals surface area contributed by atoms with E-state index in [2.05, 4.69) is 24.3 Å². The summed E-state index contributed by atoms with van der Waals surface area (Å²) in [6.07, 6.45) is 0.827. The van der Waals surface area contributed by atoms with Gasteiger partial charge in [-0.1, -0.05) is 42.5 Å². The molecule has 0 aliphatic carbocycles. The summed E-state index contributed by atoms with van der Waals surface area (Å²) in [6, 6.07) is 14.6. The topological polar surface area (TPSA) is 52.0 Å². The summed E-state index contributed by atoms with van der Waals surface area (Å²) in [5.74, 6) is 0. The van der Waals surface area contributed by atoms with Gasteiger partial charge in [-0.25, -0.2) is 0 Å². The molecule has 0 amide bonds. The van der Waals surface area contributed by atoms with Crippen molar-refractivity contribution in [2.45, 2.75) is 12.5 Å². The Labute approximate surface area is 102 Å². The Morgan fingerprint density at radius 1 is 1.00 bits per heavy atom. The van der Waals surface area contributed by atoms with Crippen LogP contribution >= 0.6 is 12.4 Å². The van der Waals surface area contributed by atoms with Gasteiger partial charge in [-0.05, 0) is 29.3 Å². The molecule has 2 rings (SSSR count). The summed E-state index contributed by atoms with van der Waals surface area (Å²) >= 11 is 0. The molecule has 0 unspecified atom stereocenters. The third-order valence-electron chi connectivity index (χ3n) is 2.70. The third kappa shape index (κ3) is 2.53. The average molecular weight is 237 g/mol. The van der Waals surface area contributed by atoms with Crippen LogP contribution in [0.1, 0.15) is 18.0 Å². The summed E-state index contributed by atoms with van der Waals surface area (Å²) in [5, 5.41) is 2.48. The Kier molecular flexibility index (Phi) is 4.74. The lowest BCUT2D eigenvalue weighted by atomic mass is 9.97. The van der Waals surface area contributed by atoms with Gasteiger partial charge in [0.1, 0.15) is 0 Å². The van der Waals surface area contributed by atoms with Crippen LogP contribution in [0, 0.1) is 0 Å². The maximum absolute atomic E-state index is 6.09. The van der Waals surface area contributed by atoms with Crippen molar-refractivity contribution in [3.05, 3.63) is 48.0 Å². The highest BCUT2D eigenvalue weighted by molar-refractivity contribution is 5.86. The SMILES string of the molecule is Cl.NCC[C@H](N)c1cccc2ccccc12. The number of hydrogen-bond acceptors (Lipinski definition) is 2. The molecular formula is C13H17ClN2. The molecule has 2 aromatic carbocycles. The maximum Gasteiger partial charge on any atom is 0.0313 e. The monoisotopic (exact) mass is 236 g/mol. The smallest absolute Gasteiger partial charge is 0.0313 e. The summed E-state index contributed by atoms with van der Waals surface area (Å²) < 4.78 is 0. The van der Waals surface area contributed by atoms with Crippen molar-refractivity contribution in [1.82, 2.24) is 0 Å². The molecule has 0 aliphatic heterocycles. The molecule has 0 fully saturated rings. The quantitative estimate of drug-likeness (QED) is 0.861. The largest absolute Gasteiger partial charge is 0.330 e. The van der Waals surface area contributed by atoms with Crippen LogP contribution in [0.3, 0.4) is 0 Å². The van der Waals surface area contributed by atoms with Gasteiger partial charge in [-0.15, -0.1) is 12.4 Å². The first-order chi connectivity index (χ1) is 7.33. The van der Waals surface area contributed by atoms with Crippen LogP contribution in [0.15, 0.2) is 42.5 Å². The van der Waals surface area contributed by atoms with Crippen LogP contribution < -0.4 is 11.5 Å². The van der Waals surface area contributed by atoms with Gasteiger partial charge in [-0.3, -0.25) is 0 Å². The predicted molar refractivity (Wildman–Crippen MR) is 71.8 cm³/mol. The molecule has 0 saturated carbocycles. The van der Waals surface area contributed by atoms with E-state index in [9.17, 15) is 0 Å². The van der Waals surface area contributed by atoms with Gasteiger partial charge in [0.05, 0.1) is 0 Å². The molecule has 0 radical (unpaired) electrons. The number of fused-ring (bicyclic) bond motifs is 1. The van der Waals surface area contributed by atoms with E-state index < -0.39 is 0 Å². The fraction of sp³-hybridized carbons (Fsp3) is 0.231. The Bertz CT molecular complexity index is 451. The summed E-state index contributed by atoms with van der Waals surface area (Å²) in [5.41, 5.74) is 12.8. The van der Waals surface area contributed by atoms with Gasteiger partial charge in [0.2, 0.25) is 0 Å². The molecule has 2 nitrogen and oxygen atoms in total. The molecule has 0 aliphatic rings. The van der Waals surface area contributed by atoms with E-state index in [4.69, 9.17) is 11.5 Å². The maximum atomic E-state index is 6.09. The van der Waals surface area contributed by atoms with Gasteiger partial charge >= 0.3 is 0 Å². The van der Waals surface area contributed by atoms with E-state index in [1.165, 1.54) is 16.3 Å². The fourth-order valence-corrected chi connectivity index (χ4v) is 1.91. The van der Waals surface area contributed by atoms with Crippen LogP contribution in [0.2, 0.25) is 0 Å². The Balaban J connectivity index is 0.00000128. The normalized spacial score (nSPS) is 12.1. The summed E-state index contributed by atoms with van der Waals surface area (Å²) in [4.78, 5) is 0. The summed E-state index contributed by atoms with van der Waals surface area (Å²) in [6.45, 7) is 0.629. The first-order valence-electron chi connectivity index (χ1n) is 5.26. The molecule has 1 atom stereocenters. The molecule has 0 spiro atoms. The van der Waals surface area contributed by atoms with Crippen molar-refractivity contribution in [3.8, 4) is 0 Å². The van der Waals surface area contributed by atoms with E-state index in [-0.39, 0.29) is 18.4 Å². The Hall–Kier alpha value is -1.09. The minimum absolute atomic E-state index is 0. The third-order valence-corrected chi connectivity index (χ3v) is 2.70. The Morgan fingerprint density at radius 3 is 2.44 bits per heavy atom. The lowest BCUT2D eigenvalue weighted by Crippen LogP contribution is -2.15. The first-order valence-corrected chi connectivity index (χ1v) is 5.26. The lowest BCUT2D eigenvalue weighted by molar-refractivity contribution is 0.666. The van der Waals surface area contributed by atoms with Gasteiger partial charge in [-0.2, -0.15) is 0 Å². The average Bonchev–Trinajstić information content (AvgIpc) is 2.28. The highest BCUT2D eigenvalue weighted by Gasteiger charge is 2.07. The van der Waals surface area contributed by atoms with Crippen LogP contribution in [-0.2, 0) is 0 Å². The number of hydrogen-bond donors (Lipinski definition) is 2. The zero-order valence-electron chi connectivity index (χ0n) is 9.10. The number of nitrogens with two attached hydrogens (primary N) is 2. The van der Waals surface area contributed by atoms with Crippen molar-refractivity contribution in [3.63, 3.8) is 0 Å². The molecule has 86 valence electrons. The second-order valence-electron chi connectivity index (χ2n) is 3.75. The Morgan fingerprint density at radius 2 is 1.69 bits per heavy atom. The number of rotatable bonds is 3. The van der Waals surface area contributed by atoms with E-state index in [1.54, 1.807) is 0 Å². The second kappa shape index (κ2) is 5.85. The van der Waals surface area contributed by atoms with Crippen LogP contribution in [0.5, 0.6) is 0 Å². The van der Waals surface area contributed by atoms with Gasteiger partial charge in [0.25, 0.3) is 0 Å². The molecule has 0 bridgehead atoms. The summed E-state index contributed by atoms with van der Waals surface area (Å²) in [7, 11) is 0. The van der Waals surface area contributed by atoms with Crippen LogP contribution in [0.25, 0.3) is 10.8 Å². The minimum atomic E-state index is 0. The van der Waals surface area contributed by atoms with Crippen LogP contribution in [0.4, 0.5) is 0 Å². The molecule has 0 heterocycles. The van der Waals surface area contributed by atoms with E-state index in [0.29, 0.717) is 6.54 Å². The number of halogens is 1. The van der Waals surface area contributed by atoms with E-state index in [1.807, 2.05) is 18.2 Å². The van der Waals surface area contributed by atoms with E-state index >= 15 is 0 Å². The molecule has 2 aromatic rings. The fourth-order valence-electron chi connectivity index (χ4n) is 1.91.